The highest BCUT2D eigenvalue weighted by molar-refractivity contribution is 5.97. The average molecular weight is 347 g/mol. The van der Waals surface area contributed by atoms with E-state index in [0.29, 0.717) is 16.3 Å². The molecule has 3 rings (SSSR count). The zero-order chi connectivity index (χ0) is 18.2. The number of nitrogens with one attached hydrogen (secondary N) is 1. The summed E-state index contributed by atoms with van der Waals surface area (Å²) in [6, 6.07) is 9.95. The van der Waals surface area contributed by atoms with Crippen molar-refractivity contribution in [3.63, 3.8) is 0 Å². The lowest BCUT2D eigenvalue weighted by molar-refractivity contribution is -0.167. The molecule has 5 nitrogen and oxygen atoms in total. The van der Waals surface area contributed by atoms with Gasteiger partial charge >= 0.3 is 12.1 Å². The molecule has 1 N–H and O–H groups in total. The lowest BCUT2D eigenvalue weighted by Gasteiger charge is -2.18. The summed E-state index contributed by atoms with van der Waals surface area (Å²) in [7, 11) is 0. The number of anilines is 1. The van der Waals surface area contributed by atoms with E-state index in [1.807, 2.05) is 0 Å². The van der Waals surface area contributed by atoms with Gasteiger partial charge in [0.05, 0.1) is 10.7 Å². The first-order valence-corrected chi connectivity index (χ1v) is 7.30. The fourth-order valence-electron chi connectivity index (χ4n) is 2.46. The minimum Gasteiger partial charge on any atom is -0.318 e. The molecule has 0 aromatic heterocycles. The summed E-state index contributed by atoms with van der Waals surface area (Å²) in [6.07, 6.45) is -5.03. The number of amides is 2. The minimum atomic E-state index is -5.03. The number of hydrogen-bond acceptors (Lipinski definition) is 3. The topological polar surface area (TPSA) is 70.9 Å². The maximum atomic E-state index is 12.5. The standard InChI is InChI=1S/C17H12F3N3O2/c1-9-6-7-11(23-16(25)17(18,19)20)10(8-9)14-15(24)22-13-5-3-2-4-12(13)21-14/h2-8,14H,1H3,(H,23,25). The van der Waals surface area contributed by atoms with Crippen LogP contribution in [-0.2, 0) is 9.59 Å². The third-order valence-corrected chi connectivity index (χ3v) is 3.62. The van der Waals surface area contributed by atoms with Crippen LogP contribution < -0.4 is 16.0 Å². The van der Waals surface area contributed by atoms with Crippen LogP contribution in [0.15, 0.2) is 52.4 Å². The van der Waals surface area contributed by atoms with E-state index in [0.717, 1.165) is 0 Å². The number of carbonyl (C=O) groups excluding carboxylic acids is 2. The quantitative estimate of drug-likeness (QED) is 0.903. The number of aryl methyl sites for hydroxylation is 1. The molecular weight excluding hydrogens is 335 g/mol. The fourth-order valence-corrected chi connectivity index (χ4v) is 2.46. The highest BCUT2D eigenvalue weighted by Crippen LogP contribution is 2.30. The summed E-state index contributed by atoms with van der Waals surface area (Å²) in [5.74, 6) is -2.72. The molecule has 0 radical (unpaired) electrons. The van der Waals surface area contributed by atoms with Crippen molar-refractivity contribution in [3.8, 4) is 0 Å². The molecule has 2 amide bonds. The molecule has 128 valence electrons. The van der Waals surface area contributed by atoms with Crippen molar-refractivity contribution in [2.75, 3.05) is 5.32 Å². The van der Waals surface area contributed by atoms with Gasteiger partial charge in [0.1, 0.15) is 0 Å². The van der Waals surface area contributed by atoms with Gasteiger partial charge in [0.2, 0.25) is 0 Å². The van der Waals surface area contributed by atoms with Gasteiger partial charge in [-0.25, -0.2) is 4.99 Å². The normalized spacial score (nSPS) is 16.5. The third kappa shape index (κ3) is 3.42. The number of rotatable bonds is 2. The van der Waals surface area contributed by atoms with Gasteiger partial charge in [-0.3, -0.25) is 14.6 Å². The number of halogens is 3. The van der Waals surface area contributed by atoms with Gasteiger partial charge in [0.15, 0.2) is 6.04 Å². The summed E-state index contributed by atoms with van der Waals surface area (Å²) in [5, 5.41) is 2.66. The fraction of sp³-hybridized carbons (Fsp3) is 0.176. The zero-order valence-corrected chi connectivity index (χ0v) is 13.0. The van der Waals surface area contributed by atoms with Crippen LogP contribution in [0.1, 0.15) is 17.2 Å². The van der Waals surface area contributed by atoms with Gasteiger partial charge in [-0.2, -0.15) is 13.2 Å². The molecule has 1 aliphatic heterocycles. The van der Waals surface area contributed by atoms with Crippen LogP contribution in [0.3, 0.4) is 0 Å². The summed E-state index contributed by atoms with van der Waals surface area (Å²) < 4.78 is 37.6. The number of fused-ring (bicyclic) bond motifs is 1. The predicted molar refractivity (Wildman–Crippen MR) is 82.4 cm³/mol. The summed E-state index contributed by atoms with van der Waals surface area (Å²) in [5.41, 5.74) is 0.757. The third-order valence-electron chi connectivity index (χ3n) is 3.62. The Morgan fingerprint density at radius 1 is 1.12 bits per heavy atom. The number of benzene rings is 2. The van der Waals surface area contributed by atoms with E-state index >= 15 is 0 Å². The van der Waals surface area contributed by atoms with E-state index in [1.54, 1.807) is 36.5 Å². The first kappa shape index (κ1) is 16.8. The van der Waals surface area contributed by atoms with Crippen LogP contribution in [0.4, 0.5) is 18.9 Å². The van der Waals surface area contributed by atoms with Gasteiger partial charge in [0, 0.05) is 11.3 Å². The number of alkyl halides is 3. The van der Waals surface area contributed by atoms with E-state index in [4.69, 9.17) is 0 Å². The first-order valence-electron chi connectivity index (χ1n) is 7.30. The molecule has 0 saturated carbocycles. The Kier molecular flexibility index (Phi) is 4.12. The van der Waals surface area contributed by atoms with Crippen molar-refractivity contribution in [1.29, 1.82) is 0 Å². The van der Waals surface area contributed by atoms with Crippen molar-refractivity contribution < 1.29 is 22.8 Å². The van der Waals surface area contributed by atoms with Gasteiger partial charge < -0.3 is 5.32 Å². The molecule has 0 fully saturated rings. The molecule has 0 aliphatic carbocycles. The first-order chi connectivity index (χ1) is 11.8. The zero-order valence-electron chi connectivity index (χ0n) is 13.0. The second-order valence-corrected chi connectivity index (χ2v) is 5.51. The molecule has 8 heteroatoms. The van der Waals surface area contributed by atoms with Crippen molar-refractivity contribution in [2.24, 2.45) is 9.98 Å². The van der Waals surface area contributed by atoms with Crippen LogP contribution in [0.2, 0.25) is 0 Å². The molecule has 1 atom stereocenters. The molecule has 1 aliphatic rings. The molecule has 0 spiro atoms. The number of hydrogen-bond donors (Lipinski definition) is 1. The molecule has 25 heavy (non-hydrogen) atoms. The highest BCUT2D eigenvalue weighted by Gasteiger charge is 2.39. The summed E-state index contributed by atoms with van der Waals surface area (Å²) >= 11 is 0. The van der Waals surface area contributed by atoms with Gasteiger partial charge in [0.25, 0.3) is 5.91 Å². The Labute approximate surface area is 139 Å². The SMILES string of the molecule is Cc1ccc(NC(=O)C(F)(F)F)c(C2N=c3ccccc3=NC2=O)c1. The van der Waals surface area contributed by atoms with Crippen molar-refractivity contribution in [2.45, 2.75) is 19.1 Å². The largest absolute Gasteiger partial charge is 0.471 e. The maximum Gasteiger partial charge on any atom is 0.471 e. The smallest absolute Gasteiger partial charge is 0.318 e. The summed E-state index contributed by atoms with van der Waals surface area (Å²) in [4.78, 5) is 31.8. The van der Waals surface area contributed by atoms with Crippen molar-refractivity contribution >= 4 is 17.5 Å². The highest BCUT2D eigenvalue weighted by atomic mass is 19.4. The Hall–Kier alpha value is -3.03. The van der Waals surface area contributed by atoms with Crippen LogP contribution in [0.25, 0.3) is 0 Å². The van der Waals surface area contributed by atoms with Crippen LogP contribution >= 0.6 is 0 Å². The molecule has 0 bridgehead atoms. The minimum absolute atomic E-state index is 0.121. The van der Waals surface area contributed by atoms with E-state index in [-0.39, 0.29) is 11.3 Å². The lowest BCUT2D eigenvalue weighted by atomic mass is 10.0. The lowest BCUT2D eigenvalue weighted by Crippen LogP contribution is -2.34. The molecule has 2 aromatic rings. The van der Waals surface area contributed by atoms with Gasteiger partial charge in [-0.05, 0) is 25.1 Å². The van der Waals surface area contributed by atoms with Crippen LogP contribution in [0, 0.1) is 6.92 Å². The monoisotopic (exact) mass is 347 g/mol. The molecule has 1 heterocycles. The van der Waals surface area contributed by atoms with Gasteiger partial charge in [-0.1, -0.05) is 29.8 Å². The van der Waals surface area contributed by atoms with Crippen LogP contribution in [0.5, 0.6) is 0 Å². The van der Waals surface area contributed by atoms with Gasteiger partial charge in [-0.15, -0.1) is 0 Å². The van der Waals surface area contributed by atoms with E-state index in [1.165, 1.54) is 18.2 Å². The second kappa shape index (κ2) is 6.12. The Bertz CT molecular complexity index is 983. The molecule has 1 unspecified atom stereocenters. The summed E-state index contributed by atoms with van der Waals surface area (Å²) in [6.45, 7) is 1.72. The Balaban J connectivity index is 2.08. The van der Waals surface area contributed by atoms with E-state index in [2.05, 4.69) is 9.98 Å². The second-order valence-electron chi connectivity index (χ2n) is 5.51. The maximum absolute atomic E-state index is 12.5. The van der Waals surface area contributed by atoms with E-state index < -0.39 is 24.0 Å². The molecular formula is C17H12F3N3O2. The molecule has 2 aromatic carbocycles. The van der Waals surface area contributed by atoms with Crippen molar-refractivity contribution in [1.82, 2.24) is 0 Å². The van der Waals surface area contributed by atoms with Crippen molar-refractivity contribution in [3.05, 3.63) is 64.3 Å². The predicted octanol–water partition coefficient (Wildman–Crippen LogP) is 2.02. The number of carbonyl (C=O) groups is 2. The number of nitrogens with zero attached hydrogens (tertiary/aromatic N) is 2. The molecule has 0 saturated heterocycles. The Morgan fingerprint density at radius 2 is 1.80 bits per heavy atom. The number of para-hydroxylation sites is 2. The Morgan fingerprint density at radius 3 is 2.48 bits per heavy atom. The van der Waals surface area contributed by atoms with Crippen LogP contribution in [-0.4, -0.2) is 18.0 Å². The van der Waals surface area contributed by atoms with E-state index in [9.17, 15) is 22.8 Å². The average Bonchev–Trinajstić information content (AvgIpc) is 2.55.